The molecule has 3 atom stereocenters. The Kier molecular flexibility index (Phi) is 8.86. The van der Waals surface area contributed by atoms with Crippen LogP contribution in [0.4, 0.5) is 4.79 Å². The van der Waals surface area contributed by atoms with Gasteiger partial charge in [0, 0.05) is 45.1 Å². The summed E-state index contributed by atoms with van der Waals surface area (Å²) >= 11 is 0. The van der Waals surface area contributed by atoms with E-state index in [0.29, 0.717) is 32.5 Å². The van der Waals surface area contributed by atoms with E-state index in [9.17, 15) is 14.7 Å². The minimum absolute atomic E-state index is 0.00377. The third-order valence-corrected chi connectivity index (χ3v) is 6.53. The normalized spacial score (nSPS) is 24.4. The predicted molar refractivity (Wildman–Crippen MR) is 119 cm³/mol. The number of aryl methyl sites for hydroxylation is 1. The monoisotopic (exact) mass is 450 g/mol. The van der Waals surface area contributed by atoms with Gasteiger partial charge in [-0.15, -0.1) is 5.10 Å². The number of fused-ring (bicyclic) bond motifs is 2. The van der Waals surface area contributed by atoms with Gasteiger partial charge in [-0.3, -0.25) is 9.48 Å². The number of urea groups is 1. The number of rotatable bonds is 5. The van der Waals surface area contributed by atoms with Crippen LogP contribution in [0.1, 0.15) is 58.1 Å². The zero-order chi connectivity index (χ0) is 23.1. The van der Waals surface area contributed by atoms with E-state index in [0.717, 1.165) is 31.4 Å². The molecule has 2 heterocycles. The molecular formula is C22H38N6O4. The van der Waals surface area contributed by atoms with Gasteiger partial charge in [0.2, 0.25) is 5.91 Å². The van der Waals surface area contributed by atoms with Gasteiger partial charge in [-0.25, -0.2) is 4.79 Å². The van der Waals surface area contributed by atoms with Crippen LogP contribution in [0.2, 0.25) is 0 Å². The van der Waals surface area contributed by atoms with Gasteiger partial charge < -0.3 is 25.0 Å². The van der Waals surface area contributed by atoms with Crippen LogP contribution in [0.25, 0.3) is 0 Å². The Morgan fingerprint density at radius 1 is 1.38 bits per heavy atom. The van der Waals surface area contributed by atoms with E-state index < -0.39 is 0 Å². The Labute approximate surface area is 190 Å². The fourth-order valence-corrected chi connectivity index (χ4v) is 4.40. The number of carbonyl (C=O) groups is 2. The summed E-state index contributed by atoms with van der Waals surface area (Å²) in [6.07, 6.45) is 6.94. The van der Waals surface area contributed by atoms with E-state index in [-0.39, 0.29) is 49.3 Å². The highest BCUT2D eigenvalue weighted by Crippen LogP contribution is 2.19. The van der Waals surface area contributed by atoms with Crippen molar-refractivity contribution in [3.63, 3.8) is 0 Å². The van der Waals surface area contributed by atoms with Crippen molar-refractivity contribution in [2.45, 2.75) is 83.7 Å². The van der Waals surface area contributed by atoms with Crippen molar-refractivity contribution < 1.29 is 19.4 Å². The quantitative estimate of drug-likeness (QED) is 0.701. The molecule has 2 N–H and O–H groups in total. The summed E-state index contributed by atoms with van der Waals surface area (Å²) in [6.45, 7) is 5.51. The number of nitrogens with zero attached hydrogens (tertiary/aromatic N) is 5. The summed E-state index contributed by atoms with van der Waals surface area (Å²) in [4.78, 5) is 29.0. The van der Waals surface area contributed by atoms with E-state index in [1.54, 1.807) is 21.5 Å². The third-order valence-electron chi connectivity index (χ3n) is 6.53. The van der Waals surface area contributed by atoms with Crippen molar-refractivity contribution in [2.24, 2.45) is 5.92 Å². The number of aromatic nitrogens is 3. The van der Waals surface area contributed by atoms with Gasteiger partial charge >= 0.3 is 6.03 Å². The Morgan fingerprint density at radius 2 is 2.12 bits per heavy atom. The number of carbonyl (C=O) groups excluding carboxylic acids is 2. The van der Waals surface area contributed by atoms with E-state index in [1.165, 1.54) is 0 Å². The number of aliphatic hydroxyl groups is 1. The van der Waals surface area contributed by atoms with Gasteiger partial charge in [-0.05, 0) is 26.2 Å². The lowest BCUT2D eigenvalue weighted by Crippen LogP contribution is -2.49. The maximum absolute atomic E-state index is 12.9. The van der Waals surface area contributed by atoms with Crippen LogP contribution in [0.15, 0.2) is 6.20 Å². The van der Waals surface area contributed by atoms with Crippen LogP contribution in [0.3, 0.4) is 0 Å². The van der Waals surface area contributed by atoms with E-state index in [2.05, 4.69) is 15.6 Å². The summed E-state index contributed by atoms with van der Waals surface area (Å²) in [5.74, 6) is -0.0467. The van der Waals surface area contributed by atoms with Crippen molar-refractivity contribution in [2.75, 3.05) is 26.7 Å². The molecule has 10 nitrogen and oxygen atoms in total. The Balaban J connectivity index is 1.72. The second-order valence-corrected chi connectivity index (χ2v) is 9.29. The minimum Gasteiger partial charge on any atom is -0.394 e. The lowest BCUT2D eigenvalue weighted by atomic mass is 10.0. The molecule has 10 heteroatoms. The van der Waals surface area contributed by atoms with Crippen LogP contribution in [-0.4, -0.2) is 86.8 Å². The second-order valence-electron chi connectivity index (χ2n) is 9.29. The van der Waals surface area contributed by atoms with E-state index in [1.807, 2.05) is 20.0 Å². The number of amides is 3. The molecule has 3 amide bonds. The van der Waals surface area contributed by atoms with Crippen LogP contribution >= 0.6 is 0 Å². The molecule has 2 bridgehead atoms. The first-order chi connectivity index (χ1) is 15.4. The highest BCUT2D eigenvalue weighted by molar-refractivity contribution is 5.76. The van der Waals surface area contributed by atoms with E-state index in [4.69, 9.17) is 4.74 Å². The number of likely N-dealkylation sites (N-methyl/N-ethyl adjacent to an activating group) is 1. The number of aliphatic hydroxyl groups excluding tert-OH is 1. The second kappa shape index (κ2) is 11.6. The molecule has 1 fully saturated rings. The Bertz CT molecular complexity index is 751. The molecule has 0 spiro atoms. The molecule has 1 saturated carbocycles. The topological polar surface area (TPSA) is 113 Å². The first-order valence-corrected chi connectivity index (χ1v) is 11.8. The molecule has 0 aromatic carbocycles. The van der Waals surface area contributed by atoms with Gasteiger partial charge in [0.1, 0.15) is 5.69 Å². The molecule has 3 rings (SSSR count). The fourth-order valence-electron chi connectivity index (χ4n) is 4.40. The minimum atomic E-state index is -0.304. The summed E-state index contributed by atoms with van der Waals surface area (Å²) in [5.41, 5.74) is 0.728. The summed E-state index contributed by atoms with van der Waals surface area (Å²) < 4.78 is 7.94. The molecule has 32 heavy (non-hydrogen) atoms. The number of nitrogens with one attached hydrogen (secondary N) is 1. The molecule has 0 unspecified atom stereocenters. The summed E-state index contributed by atoms with van der Waals surface area (Å²) in [7, 11) is 1.77. The third kappa shape index (κ3) is 6.65. The van der Waals surface area contributed by atoms with E-state index >= 15 is 0 Å². The molecule has 2 aliphatic rings. The molecule has 1 aliphatic carbocycles. The first kappa shape index (κ1) is 24.4. The lowest BCUT2D eigenvalue weighted by molar-refractivity contribution is -0.136. The van der Waals surface area contributed by atoms with Gasteiger partial charge in [0.25, 0.3) is 0 Å². The van der Waals surface area contributed by atoms with Gasteiger partial charge in [-0.2, -0.15) is 0 Å². The molecule has 180 valence electrons. The molecule has 0 saturated heterocycles. The van der Waals surface area contributed by atoms with Crippen molar-refractivity contribution in [1.29, 1.82) is 0 Å². The summed E-state index contributed by atoms with van der Waals surface area (Å²) in [5, 5.41) is 21.1. The number of hydrogen-bond donors (Lipinski definition) is 2. The van der Waals surface area contributed by atoms with Crippen molar-refractivity contribution in [1.82, 2.24) is 30.1 Å². The largest absolute Gasteiger partial charge is 0.394 e. The highest BCUT2D eigenvalue weighted by atomic mass is 16.5. The number of hydrogen-bond acceptors (Lipinski definition) is 6. The van der Waals surface area contributed by atoms with Crippen molar-refractivity contribution >= 4 is 11.9 Å². The smallest absolute Gasteiger partial charge is 0.317 e. The zero-order valence-electron chi connectivity index (χ0n) is 19.6. The highest BCUT2D eigenvalue weighted by Gasteiger charge is 2.29. The van der Waals surface area contributed by atoms with Gasteiger partial charge in [0.15, 0.2) is 0 Å². The maximum Gasteiger partial charge on any atom is 0.317 e. The average molecular weight is 451 g/mol. The Morgan fingerprint density at radius 3 is 2.84 bits per heavy atom. The molecular weight excluding hydrogens is 412 g/mol. The predicted octanol–water partition coefficient (Wildman–Crippen LogP) is 1.39. The van der Waals surface area contributed by atoms with Crippen LogP contribution in [0, 0.1) is 5.92 Å². The van der Waals surface area contributed by atoms with Crippen molar-refractivity contribution in [3.8, 4) is 0 Å². The number of ether oxygens (including phenoxy) is 1. The SMILES string of the molecule is C[C@H]1CN([C@@H](C)CO)C(=O)CCCn2cc(nn2)CO[C@@H]1CN(C)C(=O)NC1CCCC1. The molecule has 1 aromatic rings. The van der Waals surface area contributed by atoms with Gasteiger partial charge in [0.05, 0.1) is 31.6 Å². The summed E-state index contributed by atoms with van der Waals surface area (Å²) in [6, 6.07) is -0.133. The standard InChI is InChI=1S/C22H38N6O4/c1-16-11-28(17(2)14-29)21(30)9-6-10-27-12-19(24-25-27)15-32-20(16)13-26(3)22(31)23-18-7-4-5-8-18/h12,16-18,20,29H,4-11,13-15H2,1-3H3,(H,23,31)/t16-,17-,20+/m0/s1. The zero-order valence-corrected chi connectivity index (χ0v) is 19.6. The lowest BCUT2D eigenvalue weighted by Gasteiger charge is -2.35. The average Bonchev–Trinajstić information content (AvgIpc) is 3.45. The Hall–Kier alpha value is -2.20. The van der Waals surface area contributed by atoms with Crippen LogP contribution in [0.5, 0.6) is 0 Å². The first-order valence-electron chi connectivity index (χ1n) is 11.8. The fraction of sp³-hybridized carbons (Fsp3) is 0.818. The van der Waals surface area contributed by atoms with Crippen LogP contribution < -0.4 is 5.32 Å². The maximum atomic E-state index is 12.9. The molecule has 1 aliphatic heterocycles. The van der Waals surface area contributed by atoms with Gasteiger partial charge in [-0.1, -0.05) is 25.0 Å². The molecule has 1 aromatic heterocycles. The van der Waals surface area contributed by atoms with Crippen molar-refractivity contribution in [3.05, 3.63) is 11.9 Å². The van der Waals surface area contributed by atoms with Crippen LogP contribution in [-0.2, 0) is 22.7 Å². The molecule has 0 radical (unpaired) electrons.